The van der Waals surface area contributed by atoms with Crippen LogP contribution in [0.15, 0.2) is 18.2 Å². The highest BCUT2D eigenvalue weighted by Gasteiger charge is 2.20. The van der Waals surface area contributed by atoms with E-state index >= 15 is 0 Å². The second-order valence-electron chi connectivity index (χ2n) is 5.66. The van der Waals surface area contributed by atoms with Crippen molar-refractivity contribution < 1.29 is 14.7 Å². The third-order valence-corrected chi connectivity index (χ3v) is 3.92. The van der Waals surface area contributed by atoms with Crippen LogP contribution in [0.1, 0.15) is 43.5 Å². The van der Waals surface area contributed by atoms with Crippen LogP contribution in [0.3, 0.4) is 0 Å². The van der Waals surface area contributed by atoms with Crippen LogP contribution in [0.2, 0.25) is 10.0 Å². The number of rotatable bonds is 7. The Morgan fingerprint density at radius 1 is 1.19 bits per heavy atom. The third kappa shape index (κ3) is 5.94. The highest BCUT2D eigenvalue weighted by molar-refractivity contribution is 6.39. The fraction of sp³-hybridized carbons (Fsp3) is 0.467. The number of halogens is 2. The molecule has 1 aromatic carbocycles. The number of carbonyl (C=O) groups excluding carboxylic acids is 1. The number of hydrogen-bond donors (Lipinski definition) is 2. The van der Waals surface area contributed by atoms with Gasteiger partial charge in [-0.15, -0.1) is 0 Å². The number of benzene rings is 1. The Labute approximate surface area is 134 Å². The van der Waals surface area contributed by atoms with E-state index in [2.05, 4.69) is 5.32 Å². The van der Waals surface area contributed by atoms with E-state index < -0.39 is 5.97 Å². The largest absolute Gasteiger partial charge is 0.481 e. The fourth-order valence-electron chi connectivity index (χ4n) is 1.89. The molecule has 0 aliphatic heterocycles. The standard InChI is InChI=1S/C15H19Cl2NO3/c1-15(2,7-6-12(19)20)8-9-18-14(21)13-10(16)4-3-5-11(13)17/h3-5H,6-9H2,1-2H3,(H,18,21)(H,19,20). The van der Waals surface area contributed by atoms with Gasteiger partial charge in [0.15, 0.2) is 0 Å². The highest BCUT2D eigenvalue weighted by Crippen LogP contribution is 2.27. The molecular weight excluding hydrogens is 313 g/mol. The molecule has 0 heterocycles. The monoisotopic (exact) mass is 331 g/mol. The zero-order valence-corrected chi connectivity index (χ0v) is 13.6. The molecule has 0 fully saturated rings. The SMILES string of the molecule is CC(C)(CCNC(=O)c1c(Cl)cccc1Cl)CCC(=O)O. The molecule has 0 bridgehead atoms. The summed E-state index contributed by atoms with van der Waals surface area (Å²) < 4.78 is 0. The summed E-state index contributed by atoms with van der Waals surface area (Å²) >= 11 is 11.9. The van der Waals surface area contributed by atoms with Gasteiger partial charge in [-0.25, -0.2) is 0 Å². The van der Waals surface area contributed by atoms with E-state index in [-0.39, 0.29) is 23.3 Å². The Balaban J connectivity index is 2.52. The van der Waals surface area contributed by atoms with Gasteiger partial charge in [-0.05, 0) is 30.4 Å². The minimum Gasteiger partial charge on any atom is -0.481 e. The lowest BCUT2D eigenvalue weighted by Crippen LogP contribution is -2.28. The van der Waals surface area contributed by atoms with Crippen LogP contribution in [0, 0.1) is 5.41 Å². The number of nitrogens with one attached hydrogen (secondary N) is 1. The molecule has 4 nitrogen and oxygen atoms in total. The molecule has 2 N–H and O–H groups in total. The molecule has 6 heteroatoms. The first-order valence-corrected chi connectivity index (χ1v) is 7.42. The molecule has 0 saturated carbocycles. The summed E-state index contributed by atoms with van der Waals surface area (Å²) in [4.78, 5) is 22.7. The first kappa shape index (κ1) is 17.8. The minimum absolute atomic E-state index is 0.122. The van der Waals surface area contributed by atoms with Crippen LogP contribution in [0.25, 0.3) is 0 Å². The summed E-state index contributed by atoms with van der Waals surface area (Å²) in [6.45, 7) is 4.39. The number of aliphatic carboxylic acids is 1. The minimum atomic E-state index is -0.810. The zero-order chi connectivity index (χ0) is 16.0. The van der Waals surface area contributed by atoms with Gasteiger partial charge in [0, 0.05) is 13.0 Å². The summed E-state index contributed by atoms with van der Waals surface area (Å²) in [5, 5.41) is 12.1. The number of carboxylic acid groups (broad SMARTS) is 1. The molecule has 0 saturated heterocycles. The van der Waals surface area contributed by atoms with E-state index in [0.29, 0.717) is 29.4 Å². The van der Waals surface area contributed by atoms with E-state index in [0.717, 1.165) is 0 Å². The van der Waals surface area contributed by atoms with E-state index in [4.69, 9.17) is 28.3 Å². The molecular formula is C15H19Cl2NO3. The number of carbonyl (C=O) groups is 2. The van der Waals surface area contributed by atoms with Crippen molar-refractivity contribution in [3.05, 3.63) is 33.8 Å². The lowest BCUT2D eigenvalue weighted by molar-refractivity contribution is -0.137. The van der Waals surface area contributed by atoms with Crippen LogP contribution < -0.4 is 5.32 Å². The van der Waals surface area contributed by atoms with Crippen LogP contribution in [-0.4, -0.2) is 23.5 Å². The smallest absolute Gasteiger partial charge is 0.303 e. The Hall–Kier alpha value is -1.26. The quantitative estimate of drug-likeness (QED) is 0.793. The van der Waals surface area contributed by atoms with Gasteiger partial charge < -0.3 is 10.4 Å². The normalized spacial score (nSPS) is 11.2. The molecule has 116 valence electrons. The predicted molar refractivity (Wildman–Crippen MR) is 84.1 cm³/mol. The van der Waals surface area contributed by atoms with Gasteiger partial charge >= 0.3 is 5.97 Å². The molecule has 21 heavy (non-hydrogen) atoms. The Morgan fingerprint density at radius 3 is 2.29 bits per heavy atom. The van der Waals surface area contributed by atoms with Gasteiger partial charge in [-0.2, -0.15) is 0 Å². The molecule has 0 aromatic heterocycles. The van der Waals surface area contributed by atoms with Crippen LogP contribution in [0.4, 0.5) is 0 Å². The van der Waals surface area contributed by atoms with Crippen molar-refractivity contribution in [2.45, 2.75) is 33.1 Å². The van der Waals surface area contributed by atoms with Gasteiger partial charge in [0.05, 0.1) is 15.6 Å². The Kier molecular flexibility index (Phi) is 6.49. The maximum Gasteiger partial charge on any atom is 0.303 e. The summed E-state index contributed by atoms with van der Waals surface area (Å²) in [7, 11) is 0. The average Bonchev–Trinajstić information content (AvgIpc) is 2.36. The van der Waals surface area contributed by atoms with Crippen molar-refractivity contribution in [2.24, 2.45) is 5.41 Å². The topological polar surface area (TPSA) is 66.4 Å². The third-order valence-electron chi connectivity index (χ3n) is 3.29. The maximum atomic E-state index is 12.1. The molecule has 0 radical (unpaired) electrons. The Bertz CT molecular complexity index is 509. The summed E-state index contributed by atoms with van der Waals surface area (Å²) in [6.07, 6.45) is 1.36. The van der Waals surface area contributed by atoms with E-state index in [1.807, 2.05) is 13.8 Å². The summed E-state index contributed by atoms with van der Waals surface area (Å²) in [5.74, 6) is -1.13. The van der Waals surface area contributed by atoms with Gasteiger partial charge in [-0.3, -0.25) is 9.59 Å². The van der Waals surface area contributed by atoms with Crippen LogP contribution in [0.5, 0.6) is 0 Å². The highest BCUT2D eigenvalue weighted by atomic mass is 35.5. The zero-order valence-electron chi connectivity index (χ0n) is 12.1. The summed E-state index contributed by atoms with van der Waals surface area (Å²) in [6, 6.07) is 4.90. The van der Waals surface area contributed by atoms with Crippen molar-refractivity contribution >= 4 is 35.1 Å². The fourth-order valence-corrected chi connectivity index (χ4v) is 2.46. The first-order valence-electron chi connectivity index (χ1n) is 6.67. The van der Waals surface area contributed by atoms with E-state index in [1.165, 1.54) is 0 Å². The second kappa shape index (κ2) is 7.66. The van der Waals surface area contributed by atoms with Crippen molar-refractivity contribution in [1.82, 2.24) is 5.32 Å². The molecule has 0 unspecified atom stereocenters. The van der Waals surface area contributed by atoms with E-state index in [1.54, 1.807) is 18.2 Å². The number of carboxylic acids is 1. The van der Waals surface area contributed by atoms with Gasteiger partial charge in [-0.1, -0.05) is 43.1 Å². The van der Waals surface area contributed by atoms with Gasteiger partial charge in [0.1, 0.15) is 0 Å². The van der Waals surface area contributed by atoms with Gasteiger partial charge in [0.2, 0.25) is 0 Å². The van der Waals surface area contributed by atoms with Crippen LogP contribution in [-0.2, 0) is 4.79 Å². The molecule has 0 aliphatic rings. The van der Waals surface area contributed by atoms with Crippen LogP contribution >= 0.6 is 23.2 Å². The number of hydrogen-bond acceptors (Lipinski definition) is 2. The predicted octanol–water partition coefficient (Wildman–Crippen LogP) is 4.00. The molecule has 0 spiro atoms. The number of amides is 1. The Morgan fingerprint density at radius 2 is 1.76 bits per heavy atom. The molecule has 0 atom stereocenters. The van der Waals surface area contributed by atoms with Gasteiger partial charge in [0.25, 0.3) is 5.91 Å². The summed E-state index contributed by atoms with van der Waals surface area (Å²) in [5.41, 5.74) is 0.111. The van der Waals surface area contributed by atoms with Crippen molar-refractivity contribution in [3.8, 4) is 0 Å². The second-order valence-corrected chi connectivity index (χ2v) is 6.47. The lowest BCUT2D eigenvalue weighted by Gasteiger charge is -2.23. The first-order chi connectivity index (χ1) is 9.73. The van der Waals surface area contributed by atoms with E-state index in [9.17, 15) is 9.59 Å². The van der Waals surface area contributed by atoms with Crippen molar-refractivity contribution in [1.29, 1.82) is 0 Å². The molecule has 0 aliphatic carbocycles. The molecule has 1 aromatic rings. The lowest BCUT2D eigenvalue weighted by atomic mass is 9.84. The van der Waals surface area contributed by atoms with Crippen molar-refractivity contribution in [3.63, 3.8) is 0 Å². The van der Waals surface area contributed by atoms with Crippen molar-refractivity contribution in [2.75, 3.05) is 6.54 Å². The maximum absolute atomic E-state index is 12.1. The molecule has 1 amide bonds. The average molecular weight is 332 g/mol. The molecule has 1 rings (SSSR count).